The zero-order valence-corrected chi connectivity index (χ0v) is 16.2. The smallest absolute Gasteiger partial charge is 0.0845 e. The van der Waals surface area contributed by atoms with Gasteiger partial charge in [0.25, 0.3) is 0 Å². The van der Waals surface area contributed by atoms with Gasteiger partial charge in [-0.05, 0) is 32.5 Å². The number of para-hydroxylation sites is 1. The van der Waals surface area contributed by atoms with Crippen molar-refractivity contribution < 1.29 is 5.11 Å². The summed E-state index contributed by atoms with van der Waals surface area (Å²) in [6, 6.07) is 6.02. The number of aliphatic hydroxyl groups is 1. The van der Waals surface area contributed by atoms with Crippen LogP contribution in [0.3, 0.4) is 0 Å². The van der Waals surface area contributed by atoms with Gasteiger partial charge in [0.1, 0.15) is 0 Å². The van der Waals surface area contributed by atoms with Crippen molar-refractivity contribution in [3.63, 3.8) is 0 Å². The fraction of sp³-hybridized carbons (Fsp3) is 0.556. The predicted molar refractivity (Wildman–Crippen MR) is 104 cm³/mol. The van der Waals surface area contributed by atoms with Gasteiger partial charge in [-0.1, -0.05) is 23.7 Å². The molecule has 0 saturated carbocycles. The minimum absolute atomic E-state index is 0. The average Bonchev–Trinajstić information content (AvgIpc) is 2.76. The number of benzene rings is 1. The predicted octanol–water partition coefficient (Wildman–Crippen LogP) is 2.94. The molecule has 0 bridgehead atoms. The van der Waals surface area contributed by atoms with Crippen molar-refractivity contribution in [2.45, 2.75) is 26.5 Å². The van der Waals surface area contributed by atoms with Gasteiger partial charge < -0.3 is 14.6 Å². The SMILES string of the molecule is Cc1c(C)n(CC(O)CN2CCN(C)CC2)c2c(Cl)cccc12.Cl. The number of aromatic nitrogens is 1. The van der Waals surface area contributed by atoms with E-state index in [-0.39, 0.29) is 18.5 Å². The first-order valence-corrected chi connectivity index (χ1v) is 8.68. The second-order valence-electron chi connectivity index (χ2n) is 6.71. The van der Waals surface area contributed by atoms with Crippen LogP contribution < -0.4 is 0 Å². The van der Waals surface area contributed by atoms with Crippen molar-refractivity contribution in [1.82, 2.24) is 14.4 Å². The number of halogens is 2. The van der Waals surface area contributed by atoms with E-state index in [1.165, 1.54) is 16.6 Å². The van der Waals surface area contributed by atoms with E-state index in [4.69, 9.17) is 11.6 Å². The summed E-state index contributed by atoms with van der Waals surface area (Å²) in [4.78, 5) is 4.68. The molecule has 1 aliphatic heterocycles. The van der Waals surface area contributed by atoms with Crippen LogP contribution in [0.25, 0.3) is 10.9 Å². The van der Waals surface area contributed by atoms with Crippen LogP contribution in [0.2, 0.25) is 5.02 Å². The van der Waals surface area contributed by atoms with Crippen LogP contribution in [0.15, 0.2) is 18.2 Å². The quantitative estimate of drug-likeness (QED) is 0.896. The Kier molecular flexibility index (Phi) is 6.57. The highest BCUT2D eigenvalue weighted by molar-refractivity contribution is 6.35. The van der Waals surface area contributed by atoms with Gasteiger partial charge in [0.2, 0.25) is 0 Å². The summed E-state index contributed by atoms with van der Waals surface area (Å²) >= 11 is 6.42. The number of aryl methyl sites for hydroxylation is 1. The molecule has 1 aliphatic rings. The lowest BCUT2D eigenvalue weighted by Gasteiger charge is -2.33. The highest BCUT2D eigenvalue weighted by atomic mass is 35.5. The normalized spacial score (nSPS) is 17.9. The third kappa shape index (κ3) is 3.89. The molecule has 24 heavy (non-hydrogen) atoms. The van der Waals surface area contributed by atoms with E-state index in [1.54, 1.807) is 0 Å². The summed E-state index contributed by atoms with van der Waals surface area (Å²) in [5.41, 5.74) is 3.47. The average molecular weight is 372 g/mol. The number of hydrogen-bond donors (Lipinski definition) is 1. The van der Waals surface area contributed by atoms with E-state index in [2.05, 4.69) is 41.3 Å². The Balaban J connectivity index is 0.00000208. The Morgan fingerprint density at radius 1 is 1.12 bits per heavy atom. The fourth-order valence-corrected chi connectivity index (χ4v) is 3.76. The molecule has 1 fully saturated rings. The van der Waals surface area contributed by atoms with Crippen LogP contribution in [0.1, 0.15) is 11.3 Å². The monoisotopic (exact) mass is 371 g/mol. The molecule has 3 rings (SSSR count). The van der Waals surface area contributed by atoms with E-state index in [9.17, 15) is 5.11 Å². The Morgan fingerprint density at radius 3 is 2.46 bits per heavy atom. The molecule has 0 aliphatic carbocycles. The van der Waals surface area contributed by atoms with Crippen LogP contribution >= 0.6 is 24.0 Å². The molecule has 4 nitrogen and oxygen atoms in total. The summed E-state index contributed by atoms with van der Waals surface area (Å²) in [5, 5.41) is 12.5. The number of piperazine rings is 1. The van der Waals surface area contributed by atoms with Crippen molar-refractivity contribution in [3.8, 4) is 0 Å². The molecular formula is C18H27Cl2N3O. The van der Waals surface area contributed by atoms with Crippen molar-refractivity contribution in [1.29, 1.82) is 0 Å². The lowest BCUT2D eigenvalue weighted by molar-refractivity contribution is 0.0714. The summed E-state index contributed by atoms with van der Waals surface area (Å²) in [7, 11) is 2.15. The third-order valence-electron chi connectivity index (χ3n) is 5.07. The van der Waals surface area contributed by atoms with Crippen molar-refractivity contribution in [2.75, 3.05) is 39.8 Å². The van der Waals surface area contributed by atoms with Gasteiger partial charge in [0, 0.05) is 43.8 Å². The fourth-order valence-electron chi connectivity index (χ4n) is 3.48. The van der Waals surface area contributed by atoms with Crippen LogP contribution in [-0.2, 0) is 6.54 Å². The Hall–Kier alpha value is -0.780. The molecule has 2 aromatic rings. The van der Waals surface area contributed by atoms with Crippen LogP contribution in [0.4, 0.5) is 0 Å². The molecule has 1 N–H and O–H groups in total. The first-order valence-electron chi connectivity index (χ1n) is 8.30. The zero-order valence-electron chi connectivity index (χ0n) is 14.6. The molecule has 1 unspecified atom stereocenters. The maximum Gasteiger partial charge on any atom is 0.0845 e. The van der Waals surface area contributed by atoms with E-state index in [0.717, 1.165) is 43.3 Å². The topological polar surface area (TPSA) is 31.6 Å². The summed E-state index contributed by atoms with van der Waals surface area (Å²) < 4.78 is 2.17. The van der Waals surface area contributed by atoms with Gasteiger partial charge in [-0.2, -0.15) is 0 Å². The van der Waals surface area contributed by atoms with Crippen molar-refractivity contribution in [2.24, 2.45) is 0 Å². The van der Waals surface area contributed by atoms with Gasteiger partial charge in [-0.3, -0.25) is 4.90 Å². The number of aliphatic hydroxyl groups excluding tert-OH is 1. The van der Waals surface area contributed by atoms with Gasteiger partial charge >= 0.3 is 0 Å². The number of β-amino-alcohol motifs (C(OH)–C–C–N with tert-alkyl or cyclic N) is 1. The minimum atomic E-state index is -0.386. The van der Waals surface area contributed by atoms with Crippen LogP contribution in [0.5, 0.6) is 0 Å². The molecule has 6 heteroatoms. The lowest BCUT2D eigenvalue weighted by Crippen LogP contribution is -2.47. The second-order valence-corrected chi connectivity index (χ2v) is 7.12. The molecule has 1 aromatic carbocycles. The van der Waals surface area contributed by atoms with Gasteiger partial charge in [-0.25, -0.2) is 0 Å². The number of hydrogen-bond acceptors (Lipinski definition) is 3. The molecule has 0 spiro atoms. The van der Waals surface area contributed by atoms with Crippen LogP contribution in [0, 0.1) is 13.8 Å². The first-order chi connectivity index (χ1) is 11.0. The Morgan fingerprint density at radius 2 is 1.79 bits per heavy atom. The minimum Gasteiger partial charge on any atom is -0.390 e. The molecule has 2 heterocycles. The molecule has 134 valence electrons. The molecule has 1 saturated heterocycles. The Labute approximate surface area is 155 Å². The van der Waals surface area contributed by atoms with E-state index < -0.39 is 0 Å². The van der Waals surface area contributed by atoms with E-state index >= 15 is 0 Å². The summed E-state index contributed by atoms with van der Waals surface area (Å²) in [6.07, 6.45) is -0.386. The largest absolute Gasteiger partial charge is 0.390 e. The van der Waals surface area contributed by atoms with Crippen molar-refractivity contribution >= 4 is 34.9 Å². The van der Waals surface area contributed by atoms with E-state index in [1.807, 2.05) is 12.1 Å². The number of nitrogens with zero attached hydrogens (tertiary/aromatic N) is 3. The number of likely N-dealkylation sites (N-methyl/N-ethyl adjacent to an activating group) is 1. The zero-order chi connectivity index (χ0) is 16.6. The molecule has 0 radical (unpaired) electrons. The van der Waals surface area contributed by atoms with E-state index in [0.29, 0.717) is 6.54 Å². The molecule has 1 atom stereocenters. The first kappa shape index (κ1) is 19.5. The standard InChI is InChI=1S/C18H26ClN3O.ClH/c1-13-14(2)22(18-16(13)5-4-6-17(18)19)12-15(23)11-21-9-7-20(3)8-10-21;/h4-6,15,23H,7-12H2,1-3H3;1H. The molecule has 1 aromatic heterocycles. The number of rotatable bonds is 4. The summed E-state index contributed by atoms with van der Waals surface area (Å²) in [6.45, 7) is 9.73. The maximum atomic E-state index is 10.6. The Bertz CT molecular complexity index is 693. The van der Waals surface area contributed by atoms with Gasteiger partial charge in [-0.15, -0.1) is 12.4 Å². The summed E-state index contributed by atoms with van der Waals surface area (Å²) in [5.74, 6) is 0. The highest BCUT2D eigenvalue weighted by Gasteiger charge is 2.20. The maximum absolute atomic E-state index is 10.6. The van der Waals surface area contributed by atoms with Crippen molar-refractivity contribution in [3.05, 3.63) is 34.5 Å². The molecule has 0 amide bonds. The molecular weight excluding hydrogens is 345 g/mol. The van der Waals surface area contributed by atoms with Crippen LogP contribution in [-0.4, -0.2) is 65.3 Å². The lowest BCUT2D eigenvalue weighted by atomic mass is 10.2. The second kappa shape index (κ2) is 8.07. The highest BCUT2D eigenvalue weighted by Crippen LogP contribution is 2.30. The number of fused-ring (bicyclic) bond motifs is 1. The third-order valence-corrected chi connectivity index (χ3v) is 5.37. The van der Waals surface area contributed by atoms with Gasteiger partial charge in [0.15, 0.2) is 0 Å². The van der Waals surface area contributed by atoms with Gasteiger partial charge in [0.05, 0.1) is 23.2 Å².